The molecule has 3 heteroatoms. The maximum Gasteiger partial charge on any atom is 0.0595 e. The largest absolute Gasteiger partial charge is 0.381 e. The van der Waals surface area contributed by atoms with Crippen molar-refractivity contribution < 1.29 is 4.74 Å². The molecule has 0 radical (unpaired) electrons. The molecule has 3 nitrogen and oxygen atoms in total. The van der Waals surface area contributed by atoms with Gasteiger partial charge >= 0.3 is 0 Å². The lowest BCUT2D eigenvalue weighted by Crippen LogP contribution is -2.41. The average molecular weight is 262 g/mol. The van der Waals surface area contributed by atoms with Gasteiger partial charge < -0.3 is 15.0 Å². The molecule has 1 aliphatic heterocycles. The first-order valence-corrected chi connectivity index (χ1v) is 7.22. The van der Waals surface area contributed by atoms with E-state index < -0.39 is 0 Å². The highest BCUT2D eigenvalue weighted by atomic mass is 16.5. The maximum absolute atomic E-state index is 5.43. The number of likely N-dealkylation sites (tertiary alicyclic amines) is 1. The van der Waals surface area contributed by atoms with Gasteiger partial charge in [0.2, 0.25) is 0 Å². The number of nitrogens with one attached hydrogen (secondary N) is 1. The number of hydrogen-bond acceptors (Lipinski definition) is 3. The molecule has 0 saturated carbocycles. The second-order valence-corrected chi connectivity index (χ2v) is 5.43. The summed E-state index contributed by atoms with van der Waals surface area (Å²) in [7, 11) is 3.88. The Balaban J connectivity index is 1.95. The van der Waals surface area contributed by atoms with Gasteiger partial charge in [0, 0.05) is 32.8 Å². The van der Waals surface area contributed by atoms with E-state index in [2.05, 4.69) is 48.5 Å². The molecule has 1 aliphatic rings. The standard InChI is InChI=1S/C16H26N2O/c1-13-6-4-5-7-15(13)16(17-2)12-18-10-8-14(19-3)9-11-18/h4-7,14,16-17H,8-12H2,1-3H3. The molecule has 0 aromatic heterocycles. The van der Waals surface area contributed by atoms with E-state index in [0.717, 1.165) is 32.5 Å². The molecule has 1 aromatic rings. The number of nitrogens with zero attached hydrogens (tertiary/aromatic N) is 1. The molecular formula is C16H26N2O. The van der Waals surface area contributed by atoms with Gasteiger partial charge in [0.1, 0.15) is 0 Å². The van der Waals surface area contributed by atoms with E-state index in [1.165, 1.54) is 11.1 Å². The van der Waals surface area contributed by atoms with Gasteiger partial charge in [0.15, 0.2) is 0 Å². The molecule has 1 fully saturated rings. The Bertz CT molecular complexity index is 386. The predicted molar refractivity (Wildman–Crippen MR) is 79.5 cm³/mol. The molecule has 0 aliphatic carbocycles. The zero-order valence-corrected chi connectivity index (χ0v) is 12.4. The Kier molecular flexibility index (Phi) is 5.37. The molecule has 1 unspecified atom stereocenters. The van der Waals surface area contributed by atoms with Crippen molar-refractivity contribution in [2.45, 2.75) is 31.9 Å². The quantitative estimate of drug-likeness (QED) is 0.881. The molecule has 1 atom stereocenters. The van der Waals surface area contributed by atoms with E-state index in [4.69, 9.17) is 4.74 Å². The van der Waals surface area contributed by atoms with Crippen molar-refractivity contribution in [1.29, 1.82) is 0 Å². The van der Waals surface area contributed by atoms with Crippen molar-refractivity contribution in [2.75, 3.05) is 33.8 Å². The normalized spacial score (nSPS) is 19.5. The van der Waals surface area contributed by atoms with Crippen LogP contribution in [-0.4, -0.2) is 44.8 Å². The summed E-state index contributed by atoms with van der Waals surface area (Å²) in [6.45, 7) is 5.56. The fraction of sp³-hybridized carbons (Fsp3) is 0.625. The van der Waals surface area contributed by atoms with Crippen LogP contribution in [0.1, 0.15) is 30.0 Å². The summed E-state index contributed by atoms with van der Waals surface area (Å²) in [5.41, 5.74) is 2.78. The average Bonchev–Trinajstić information content (AvgIpc) is 2.46. The smallest absolute Gasteiger partial charge is 0.0595 e. The van der Waals surface area contributed by atoms with Crippen molar-refractivity contribution in [3.63, 3.8) is 0 Å². The van der Waals surface area contributed by atoms with Crippen molar-refractivity contribution in [3.8, 4) is 0 Å². The lowest BCUT2D eigenvalue weighted by atomic mass is 9.99. The van der Waals surface area contributed by atoms with E-state index >= 15 is 0 Å². The molecule has 19 heavy (non-hydrogen) atoms. The van der Waals surface area contributed by atoms with Gasteiger partial charge in [-0.3, -0.25) is 0 Å². The highest BCUT2D eigenvalue weighted by Gasteiger charge is 2.21. The van der Waals surface area contributed by atoms with Crippen LogP contribution in [0.2, 0.25) is 0 Å². The van der Waals surface area contributed by atoms with Crippen LogP contribution < -0.4 is 5.32 Å². The molecule has 1 heterocycles. The van der Waals surface area contributed by atoms with Gasteiger partial charge in [0.05, 0.1) is 6.10 Å². The monoisotopic (exact) mass is 262 g/mol. The summed E-state index contributed by atoms with van der Waals surface area (Å²) < 4.78 is 5.43. The molecule has 106 valence electrons. The Morgan fingerprint density at radius 2 is 2.00 bits per heavy atom. The number of ether oxygens (including phenoxy) is 1. The fourth-order valence-electron chi connectivity index (χ4n) is 2.91. The van der Waals surface area contributed by atoms with E-state index in [1.54, 1.807) is 0 Å². The molecule has 0 bridgehead atoms. The summed E-state index contributed by atoms with van der Waals surface area (Å²) in [6.07, 6.45) is 2.77. The van der Waals surface area contributed by atoms with Crippen LogP contribution in [0.25, 0.3) is 0 Å². The van der Waals surface area contributed by atoms with Crippen LogP contribution >= 0.6 is 0 Å². The Hall–Kier alpha value is -0.900. The van der Waals surface area contributed by atoms with Crippen molar-refractivity contribution in [1.82, 2.24) is 10.2 Å². The second kappa shape index (κ2) is 7.04. The minimum atomic E-state index is 0.417. The molecule has 2 rings (SSSR count). The first kappa shape index (κ1) is 14.5. The SMILES string of the molecule is CNC(CN1CCC(OC)CC1)c1ccccc1C. The summed E-state index contributed by atoms with van der Waals surface area (Å²) >= 11 is 0. The van der Waals surface area contributed by atoms with Crippen LogP contribution in [0, 0.1) is 6.92 Å². The number of hydrogen-bond donors (Lipinski definition) is 1. The highest BCUT2D eigenvalue weighted by molar-refractivity contribution is 5.29. The highest BCUT2D eigenvalue weighted by Crippen LogP contribution is 2.21. The van der Waals surface area contributed by atoms with Crippen molar-refractivity contribution >= 4 is 0 Å². The van der Waals surface area contributed by atoms with E-state index in [1.807, 2.05) is 7.11 Å². The zero-order chi connectivity index (χ0) is 13.7. The van der Waals surface area contributed by atoms with E-state index in [9.17, 15) is 0 Å². The van der Waals surface area contributed by atoms with Gasteiger partial charge in [-0.2, -0.15) is 0 Å². The Labute approximate surface area is 116 Å². The first-order valence-electron chi connectivity index (χ1n) is 7.22. The Morgan fingerprint density at radius 3 is 2.58 bits per heavy atom. The van der Waals surface area contributed by atoms with Gasteiger partial charge in [-0.25, -0.2) is 0 Å². The minimum Gasteiger partial charge on any atom is -0.381 e. The lowest BCUT2D eigenvalue weighted by Gasteiger charge is -2.34. The van der Waals surface area contributed by atoms with Gasteiger partial charge in [-0.1, -0.05) is 24.3 Å². The van der Waals surface area contributed by atoms with Crippen molar-refractivity contribution in [3.05, 3.63) is 35.4 Å². The van der Waals surface area contributed by atoms with Gasteiger partial charge in [-0.05, 0) is 37.9 Å². The summed E-state index contributed by atoms with van der Waals surface area (Å²) in [6, 6.07) is 9.08. The molecular weight excluding hydrogens is 236 g/mol. The van der Waals surface area contributed by atoms with Crippen LogP contribution in [0.3, 0.4) is 0 Å². The number of likely N-dealkylation sites (N-methyl/N-ethyl adjacent to an activating group) is 1. The summed E-state index contributed by atoms with van der Waals surface area (Å²) in [5.74, 6) is 0. The Morgan fingerprint density at radius 1 is 1.32 bits per heavy atom. The van der Waals surface area contributed by atoms with Gasteiger partial charge in [0.25, 0.3) is 0 Å². The van der Waals surface area contributed by atoms with Crippen molar-refractivity contribution in [2.24, 2.45) is 0 Å². The summed E-state index contributed by atoms with van der Waals surface area (Å²) in [4.78, 5) is 2.54. The minimum absolute atomic E-state index is 0.417. The molecule has 0 spiro atoms. The third kappa shape index (κ3) is 3.78. The van der Waals surface area contributed by atoms with E-state index in [0.29, 0.717) is 12.1 Å². The predicted octanol–water partition coefficient (Wildman–Crippen LogP) is 2.37. The lowest BCUT2D eigenvalue weighted by molar-refractivity contribution is 0.0386. The van der Waals surface area contributed by atoms with Crippen LogP contribution in [0.4, 0.5) is 0 Å². The molecule has 1 N–H and O–H groups in total. The fourth-order valence-corrected chi connectivity index (χ4v) is 2.91. The van der Waals surface area contributed by atoms with E-state index in [-0.39, 0.29) is 0 Å². The number of aryl methyl sites for hydroxylation is 1. The zero-order valence-electron chi connectivity index (χ0n) is 12.4. The number of methoxy groups -OCH3 is 1. The second-order valence-electron chi connectivity index (χ2n) is 5.43. The number of piperidine rings is 1. The number of rotatable bonds is 5. The van der Waals surface area contributed by atoms with Crippen LogP contribution in [0.15, 0.2) is 24.3 Å². The van der Waals surface area contributed by atoms with Crippen LogP contribution in [0.5, 0.6) is 0 Å². The van der Waals surface area contributed by atoms with Crippen LogP contribution in [-0.2, 0) is 4.74 Å². The maximum atomic E-state index is 5.43. The molecule has 0 amide bonds. The molecule has 1 saturated heterocycles. The first-order chi connectivity index (χ1) is 9.24. The molecule has 1 aromatic carbocycles. The number of benzene rings is 1. The van der Waals surface area contributed by atoms with Gasteiger partial charge in [-0.15, -0.1) is 0 Å². The summed E-state index contributed by atoms with van der Waals surface area (Å²) in [5, 5.41) is 3.46. The topological polar surface area (TPSA) is 24.5 Å². The third-order valence-corrected chi connectivity index (χ3v) is 4.22. The third-order valence-electron chi connectivity index (χ3n) is 4.22.